The molecule has 3 heteroatoms. The zero-order valence-corrected chi connectivity index (χ0v) is 14.3. The number of nitrogens with one attached hydrogen (secondary N) is 1. The zero-order valence-electron chi connectivity index (χ0n) is 14.3. The van der Waals surface area contributed by atoms with Gasteiger partial charge in [-0.3, -0.25) is 9.69 Å². The third kappa shape index (κ3) is 4.45. The molecule has 1 heterocycles. The molecule has 0 aromatic heterocycles. The fraction of sp³-hybridized carbons (Fsp3) is 0.381. The molecule has 126 valence electrons. The average Bonchev–Trinajstić information content (AvgIpc) is 2.62. The van der Waals surface area contributed by atoms with Crippen molar-refractivity contribution in [2.24, 2.45) is 5.92 Å². The van der Waals surface area contributed by atoms with E-state index < -0.39 is 0 Å². The Hall–Kier alpha value is -2.13. The molecule has 2 aromatic rings. The van der Waals surface area contributed by atoms with Gasteiger partial charge in [0, 0.05) is 24.7 Å². The molecule has 1 fully saturated rings. The smallest absolute Gasteiger partial charge is 0.133 e. The van der Waals surface area contributed by atoms with E-state index in [0.29, 0.717) is 5.78 Å². The van der Waals surface area contributed by atoms with Crippen molar-refractivity contribution in [2.75, 3.05) is 18.4 Å². The molecule has 2 atom stereocenters. The van der Waals surface area contributed by atoms with Crippen molar-refractivity contribution in [3.05, 3.63) is 66.2 Å². The number of benzene rings is 2. The lowest BCUT2D eigenvalue weighted by Crippen LogP contribution is -2.48. The summed E-state index contributed by atoms with van der Waals surface area (Å²) in [6.45, 7) is 3.71. The average molecular weight is 322 g/mol. The molecule has 3 nitrogen and oxygen atoms in total. The number of anilines is 1. The van der Waals surface area contributed by atoms with E-state index in [4.69, 9.17) is 0 Å². The Morgan fingerprint density at radius 1 is 1.08 bits per heavy atom. The lowest BCUT2D eigenvalue weighted by Gasteiger charge is -2.39. The van der Waals surface area contributed by atoms with Crippen molar-refractivity contribution in [3.63, 3.8) is 0 Å². The predicted molar refractivity (Wildman–Crippen MR) is 99.0 cm³/mol. The first-order valence-electron chi connectivity index (χ1n) is 8.82. The number of piperidine rings is 1. The minimum absolute atomic E-state index is 0.180. The van der Waals surface area contributed by atoms with Crippen molar-refractivity contribution in [3.8, 4) is 0 Å². The summed E-state index contributed by atoms with van der Waals surface area (Å²) in [5, 5.41) is 3.63. The number of likely N-dealkylation sites (tertiary alicyclic amines) is 1. The van der Waals surface area contributed by atoms with E-state index in [1.807, 2.05) is 18.2 Å². The van der Waals surface area contributed by atoms with Gasteiger partial charge in [0.25, 0.3) is 0 Å². The maximum absolute atomic E-state index is 11.8. The lowest BCUT2D eigenvalue weighted by molar-refractivity contribution is -0.122. The van der Waals surface area contributed by atoms with Gasteiger partial charge in [-0.15, -0.1) is 0 Å². The summed E-state index contributed by atoms with van der Waals surface area (Å²) in [6, 6.07) is 20.9. The van der Waals surface area contributed by atoms with Crippen LogP contribution in [0.15, 0.2) is 60.7 Å². The van der Waals surface area contributed by atoms with Crippen LogP contribution in [0.25, 0.3) is 0 Å². The molecule has 0 amide bonds. The molecular weight excluding hydrogens is 296 g/mol. The predicted octanol–water partition coefficient (Wildman–Crippen LogP) is 3.97. The van der Waals surface area contributed by atoms with Crippen molar-refractivity contribution < 1.29 is 4.79 Å². The first kappa shape index (κ1) is 16.7. The molecule has 0 saturated carbocycles. The number of carbonyl (C=O) groups is 1. The highest BCUT2D eigenvalue weighted by atomic mass is 16.1. The first-order valence-corrected chi connectivity index (χ1v) is 8.82. The number of carbonyl (C=O) groups excluding carboxylic acids is 1. The Balaban J connectivity index is 1.66. The van der Waals surface area contributed by atoms with Gasteiger partial charge in [0.1, 0.15) is 5.78 Å². The second-order valence-electron chi connectivity index (χ2n) is 6.63. The third-order valence-corrected chi connectivity index (χ3v) is 4.93. The van der Waals surface area contributed by atoms with Crippen LogP contribution in [0.4, 0.5) is 5.69 Å². The summed E-state index contributed by atoms with van der Waals surface area (Å²) in [4.78, 5) is 14.3. The maximum Gasteiger partial charge on any atom is 0.133 e. The van der Waals surface area contributed by atoms with Crippen LogP contribution in [0.3, 0.4) is 0 Å². The number of hydrogen-bond donors (Lipinski definition) is 1. The summed E-state index contributed by atoms with van der Waals surface area (Å²) in [5.41, 5.74) is 2.49. The largest absolute Gasteiger partial charge is 0.370 e. The summed E-state index contributed by atoms with van der Waals surface area (Å²) >= 11 is 0. The van der Waals surface area contributed by atoms with Gasteiger partial charge >= 0.3 is 0 Å². The van der Waals surface area contributed by atoms with Crippen LogP contribution in [0, 0.1) is 5.92 Å². The van der Waals surface area contributed by atoms with E-state index in [1.54, 1.807) is 6.92 Å². The Kier molecular flexibility index (Phi) is 5.65. The van der Waals surface area contributed by atoms with Crippen LogP contribution in [0.1, 0.15) is 25.3 Å². The minimum Gasteiger partial charge on any atom is -0.370 e. The molecule has 0 aliphatic carbocycles. The van der Waals surface area contributed by atoms with Gasteiger partial charge < -0.3 is 5.32 Å². The fourth-order valence-electron chi connectivity index (χ4n) is 3.45. The van der Waals surface area contributed by atoms with Crippen LogP contribution < -0.4 is 5.32 Å². The molecule has 2 aromatic carbocycles. The summed E-state index contributed by atoms with van der Waals surface area (Å²) in [5.74, 6) is 0.497. The molecule has 0 radical (unpaired) electrons. The van der Waals surface area contributed by atoms with Crippen LogP contribution in [0.2, 0.25) is 0 Å². The highest BCUT2D eigenvalue weighted by Gasteiger charge is 2.30. The Morgan fingerprint density at radius 3 is 2.42 bits per heavy atom. The van der Waals surface area contributed by atoms with E-state index in [9.17, 15) is 4.79 Å². The van der Waals surface area contributed by atoms with Crippen LogP contribution in [-0.4, -0.2) is 29.9 Å². The van der Waals surface area contributed by atoms with Gasteiger partial charge in [0.05, 0.1) is 6.17 Å². The second-order valence-corrected chi connectivity index (χ2v) is 6.63. The molecule has 2 unspecified atom stereocenters. The highest BCUT2D eigenvalue weighted by molar-refractivity contribution is 5.78. The van der Waals surface area contributed by atoms with Gasteiger partial charge in [-0.1, -0.05) is 48.5 Å². The summed E-state index contributed by atoms with van der Waals surface area (Å²) in [7, 11) is 0. The zero-order chi connectivity index (χ0) is 16.8. The molecular formula is C21H26N2O. The normalized spacial score (nSPS) is 21.4. The number of para-hydroxylation sites is 1. The van der Waals surface area contributed by atoms with Crippen molar-refractivity contribution in [1.82, 2.24) is 4.90 Å². The number of ketones is 1. The lowest BCUT2D eigenvalue weighted by atomic mass is 9.90. The molecule has 0 bridgehead atoms. The molecule has 3 rings (SSSR count). The third-order valence-electron chi connectivity index (χ3n) is 4.93. The fourth-order valence-corrected chi connectivity index (χ4v) is 3.45. The first-order chi connectivity index (χ1) is 11.7. The van der Waals surface area contributed by atoms with Gasteiger partial charge in [0.2, 0.25) is 0 Å². The summed E-state index contributed by atoms with van der Waals surface area (Å²) in [6.07, 6.45) is 3.12. The van der Waals surface area contributed by atoms with Crippen molar-refractivity contribution >= 4 is 11.5 Å². The monoisotopic (exact) mass is 322 g/mol. The number of rotatable bonds is 6. The summed E-state index contributed by atoms with van der Waals surface area (Å²) < 4.78 is 0. The molecule has 1 N–H and O–H groups in total. The van der Waals surface area contributed by atoms with Gasteiger partial charge in [-0.2, -0.15) is 0 Å². The molecule has 1 saturated heterocycles. The second kappa shape index (κ2) is 8.11. The van der Waals surface area contributed by atoms with E-state index in [0.717, 1.165) is 38.0 Å². The SMILES string of the molecule is CC(=O)C1CCN(CCc2ccccc2)C(Nc2ccccc2)C1. The van der Waals surface area contributed by atoms with Crippen LogP contribution >= 0.6 is 0 Å². The Bertz CT molecular complexity index is 641. The molecule has 24 heavy (non-hydrogen) atoms. The molecule has 0 spiro atoms. The standard InChI is InChI=1S/C21H26N2O/c1-17(24)19-13-15-23(14-12-18-8-4-2-5-9-18)21(16-19)22-20-10-6-3-7-11-20/h2-11,19,21-22H,12-16H2,1H3. The van der Waals surface area contributed by atoms with Crippen LogP contribution in [0.5, 0.6) is 0 Å². The van der Waals surface area contributed by atoms with Gasteiger partial charge in [-0.25, -0.2) is 0 Å². The van der Waals surface area contributed by atoms with E-state index in [2.05, 4.69) is 52.7 Å². The molecule has 1 aliphatic rings. The topological polar surface area (TPSA) is 32.3 Å². The highest BCUT2D eigenvalue weighted by Crippen LogP contribution is 2.25. The number of nitrogens with zero attached hydrogens (tertiary/aromatic N) is 1. The Morgan fingerprint density at radius 2 is 1.75 bits per heavy atom. The van der Waals surface area contributed by atoms with Gasteiger partial charge in [0.15, 0.2) is 0 Å². The van der Waals surface area contributed by atoms with Crippen molar-refractivity contribution in [1.29, 1.82) is 0 Å². The van der Waals surface area contributed by atoms with Gasteiger partial charge in [-0.05, 0) is 43.9 Å². The van der Waals surface area contributed by atoms with Crippen LogP contribution in [-0.2, 0) is 11.2 Å². The van der Waals surface area contributed by atoms with Crippen molar-refractivity contribution in [2.45, 2.75) is 32.4 Å². The number of hydrogen-bond acceptors (Lipinski definition) is 3. The van der Waals surface area contributed by atoms with E-state index in [-0.39, 0.29) is 12.1 Å². The number of Topliss-reactive ketones (excluding diaryl/α,β-unsaturated/α-hetero) is 1. The quantitative estimate of drug-likeness (QED) is 0.873. The molecule has 1 aliphatic heterocycles. The minimum atomic E-state index is 0.180. The van der Waals surface area contributed by atoms with E-state index >= 15 is 0 Å². The maximum atomic E-state index is 11.8. The van der Waals surface area contributed by atoms with E-state index in [1.165, 1.54) is 5.56 Å². The Labute approximate surface area is 144 Å².